The van der Waals surface area contributed by atoms with Crippen molar-refractivity contribution >= 4 is 11.7 Å². The zero-order valence-electron chi connectivity index (χ0n) is 12.7. The fourth-order valence-electron chi connectivity index (χ4n) is 2.31. The molecule has 0 radical (unpaired) electrons. The molecule has 0 fully saturated rings. The highest BCUT2D eigenvalue weighted by molar-refractivity contribution is 6.03. The number of aromatic nitrogens is 3. The van der Waals surface area contributed by atoms with Gasteiger partial charge in [-0.3, -0.25) is 9.48 Å². The van der Waals surface area contributed by atoms with Crippen molar-refractivity contribution < 1.29 is 9.18 Å². The van der Waals surface area contributed by atoms with Gasteiger partial charge in [0.2, 0.25) is 5.95 Å². The van der Waals surface area contributed by atoms with Crippen molar-refractivity contribution in [2.75, 3.05) is 5.32 Å². The van der Waals surface area contributed by atoms with Gasteiger partial charge in [-0.25, -0.2) is 4.98 Å². The monoisotopic (exact) mass is 310 g/mol. The Kier molecular flexibility index (Phi) is 3.89. The molecule has 1 amide bonds. The Morgan fingerprint density at radius 3 is 2.74 bits per heavy atom. The molecular weight excluding hydrogens is 295 g/mol. The van der Waals surface area contributed by atoms with Crippen molar-refractivity contribution in [1.82, 2.24) is 14.8 Å². The second-order valence-corrected chi connectivity index (χ2v) is 5.17. The average molecular weight is 310 g/mol. The normalized spacial score (nSPS) is 10.6. The van der Waals surface area contributed by atoms with Crippen molar-refractivity contribution in [1.29, 1.82) is 0 Å². The van der Waals surface area contributed by atoms with Gasteiger partial charge in [-0.1, -0.05) is 24.3 Å². The van der Waals surface area contributed by atoms with Crippen molar-refractivity contribution in [2.24, 2.45) is 7.05 Å². The molecule has 1 N–H and O–H groups in total. The number of benzene rings is 1. The largest absolute Gasteiger partial charge is 0.307 e. The minimum absolute atomic E-state index is 0.205. The molecular formula is C17H15FN4O. The number of nitrogens with one attached hydrogen (secondary N) is 1. The molecule has 0 aliphatic heterocycles. The van der Waals surface area contributed by atoms with E-state index in [0.717, 1.165) is 22.9 Å². The first-order chi connectivity index (χ1) is 11.0. The van der Waals surface area contributed by atoms with Gasteiger partial charge in [-0.15, -0.1) is 0 Å². The maximum Gasteiger partial charge on any atom is 0.257 e. The highest BCUT2D eigenvalue weighted by atomic mass is 19.1. The summed E-state index contributed by atoms with van der Waals surface area (Å²) in [6.45, 7) is 2.00. The Morgan fingerprint density at radius 2 is 2.00 bits per heavy atom. The third kappa shape index (κ3) is 3.11. The Labute approximate surface area is 132 Å². The van der Waals surface area contributed by atoms with Crippen LogP contribution >= 0.6 is 0 Å². The fraction of sp³-hybridized carbons (Fsp3) is 0.118. The van der Waals surface area contributed by atoms with Gasteiger partial charge in [0.15, 0.2) is 0 Å². The van der Waals surface area contributed by atoms with Crippen LogP contribution < -0.4 is 5.32 Å². The SMILES string of the molecule is Cc1ccccc1-c1cc(NC(=O)c2ccnc(F)c2)n(C)n1. The van der Waals surface area contributed by atoms with E-state index in [2.05, 4.69) is 15.4 Å². The predicted octanol–water partition coefficient (Wildman–Crippen LogP) is 3.18. The second-order valence-electron chi connectivity index (χ2n) is 5.17. The number of carbonyl (C=O) groups excluding carboxylic acids is 1. The van der Waals surface area contributed by atoms with E-state index in [1.165, 1.54) is 12.3 Å². The van der Waals surface area contributed by atoms with Crippen molar-refractivity contribution in [3.63, 3.8) is 0 Å². The van der Waals surface area contributed by atoms with E-state index in [1.54, 1.807) is 17.8 Å². The van der Waals surface area contributed by atoms with Crippen LogP contribution in [0.1, 0.15) is 15.9 Å². The van der Waals surface area contributed by atoms with Gasteiger partial charge >= 0.3 is 0 Å². The number of nitrogens with zero attached hydrogens (tertiary/aromatic N) is 3. The molecule has 0 bridgehead atoms. The molecule has 3 rings (SSSR count). The van der Waals surface area contributed by atoms with Crippen molar-refractivity contribution in [3.05, 3.63) is 65.7 Å². The molecule has 0 saturated carbocycles. The number of anilines is 1. The summed E-state index contributed by atoms with van der Waals surface area (Å²) in [6, 6.07) is 12.2. The number of amides is 1. The van der Waals surface area contributed by atoms with Crippen LogP contribution in [0.25, 0.3) is 11.3 Å². The van der Waals surface area contributed by atoms with Crippen LogP contribution in [0.2, 0.25) is 0 Å². The lowest BCUT2D eigenvalue weighted by molar-refractivity contribution is 0.102. The maximum absolute atomic E-state index is 13.1. The number of rotatable bonds is 3. The second kappa shape index (κ2) is 6.00. The Balaban J connectivity index is 1.87. The van der Waals surface area contributed by atoms with E-state index in [4.69, 9.17) is 0 Å². The molecule has 0 atom stereocenters. The van der Waals surface area contributed by atoms with E-state index in [1.807, 2.05) is 31.2 Å². The molecule has 116 valence electrons. The Bertz CT molecular complexity index is 873. The predicted molar refractivity (Wildman–Crippen MR) is 85.5 cm³/mol. The third-order valence-electron chi connectivity index (χ3n) is 3.53. The first kappa shape index (κ1) is 14.9. The van der Waals surface area contributed by atoms with Crippen molar-refractivity contribution in [3.8, 4) is 11.3 Å². The minimum Gasteiger partial charge on any atom is -0.307 e. The molecule has 0 spiro atoms. The molecule has 6 heteroatoms. The summed E-state index contributed by atoms with van der Waals surface area (Å²) >= 11 is 0. The molecule has 0 aliphatic carbocycles. The van der Waals surface area contributed by atoms with Crippen LogP contribution in [0, 0.1) is 12.9 Å². The zero-order chi connectivity index (χ0) is 16.4. The van der Waals surface area contributed by atoms with E-state index < -0.39 is 11.9 Å². The van der Waals surface area contributed by atoms with Crippen molar-refractivity contribution in [2.45, 2.75) is 6.92 Å². The van der Waals surface area contributed by atoms with E-state index in [9.17, 15) is 9.18 Å². The lowest BCUT2D eigenvalue weighted by Crippen LogP contribution is -2.14. The number of hydrogen-bond donors (Lipinski definition) is 1. The molecule has 0 unspecified atom stereocenters. The van der Waals surface area contributed by atoms with E-state index >= 15 is 0 Å². The Hall–Kier alpha value is -3.02. The number of pyridine rings is 1. The van der Waals surface area contributed by atoms with Gasteiger partial charge in [0, 0.05) is 36.5 Å². The summed E-state index contributed by atoms with van der Waals surface area (Å²) in [4.78, 5) is 15.6. The summed E-state index contributed by atoms with van der Waals surface area (Å²) in [5.74, 6) is -0.570. The number of carbonyl (C=O) groups is 1. The third-order valence-corrected chi connectivity index (χ3v) is 3.53. The molecule has 0 aliphatic rings. The van der Waals surface area contributed by atoms with Crippen LogP contribution in [0.5, 0.6) is 0 Å². The number of hydrogen-bond acceptors (Lipinski definition) is 3. The maximum atomic E-state index is 13.1. The van der Waals surface area contributed by atoms with Crippen LogP contribution in [0.3, 0.4) is 0 Å². The molecule has 1 aromatic carbocycles. The lowest BCUT2D eigenvalue weighted by Gasteiger charge is -2.04. The lowest BCUT2D eigenvalue weighted by atomic mass is 10.1. The summed E-state index contributed by atoms with van der Waals surface area (Å²) in [5.41, 5.74) is 3.07. The highest BCUT2D eigenvalue weighted by Crippen LogP contribution is 2.24. The summed E-state index contributed by atoms with van der Waals surface area (Å²) in [5, 5.41) is 7.15. The van der Waals surface area contributed by atoms with Crippen LogP contribution in [0.15, 0.2) is 48.7 Å². The van der Waals surface area contributed by atoms with Gasteiger partial charge in [0.1, 0.15) is 5.82 Å². The summed E-state index contributed by atoms with van der Waals surface area (Å²) in [7, 11) is 1.74. The highest BCUT2D eigenvalue weighted by Gasteiger charge is 2.13. The average Bonchev–Trinajstić information content (AvgIpc) is 2.88. The molecule has 3 aromatic rings. The fourth-order valence-corrected chi connectivity index (χ4v) is 2.31. The van der Waals surface area contributed by atoms with Crippen LogP contribution in [-0.2, 0) is 7.05 Å². The zero-order valence-corrected chi connectivity index (χ0v) is 12.7. The Morgan fingerprint density at radius 1 is 1.22 bits per heavy atom. The molecule has 2 aromatic heterocycles. The first-order valence-corrected chi connectivity index (χ1v) is 7.07. The molecule has 0 saturated heterocycles. The van der Waals surface area contributed by atoms with Gasteiger partial charge < -0.3 is 5.32 Å². The summed E-state index contributed by atoms with van der Waals surface area (Å²) < 4.78 is 14.7. The number of aryl methyl sites for hydroxylation is 2. The molecule has 2 heterocycles. The standard InChI is InChI=1S/C17H15FN4O/c1-11-5-3-4-6-13(11)14-10-16(22(2)21-14)20-17(23)12-7-8-19-15(18)9-12/h3-10H,1-2H3,(H,20,23). The van der Waals surface area contributed by atoms with Gasteiger partial charge in [-0.2, -0.15) is 9.49 Å². The van der Waals surface area contributed by atoms with Gasteiger partial charge in [0.25, 0.3) is 5.91 Å². The smallest absolute Gasteiger partial charge is 0.257 e. The number of halogens is 1. The van der Waals surface area contributed by atoms with E-state index in [0.29, 0.717) is 5.82 Å². The van der Waals surface area contributed by atoms with E-state index in [-0.39, 0.29) is 5.56 Å². The molecule has 23 heavy (non-hydrogen) atoms. The minimum atomic E-state index is -0.691. The van der Waals surface area contributed by atoms with Gasteiger partial charge in [-0.05, 0) is 18.6 Å². The first-order valence-electron chi connectivity index (χ1n) is 7.07. The molecule has 5 nitrogen and oxygen atoms in total. The topological polar surface area (TPSA) is 59.8 Å². The van der Waals surface area contributed by atoms with Gasteiger partial charge in [0.05, 0.1) is 5.69 Å². The summed E-state index contributed by atoms with van der Waals surface area (Å²) in [6.07, 6.45) is 1.26. The van der Waals surface area contributed by atoms with Crippen LogP contribution in [0.4, 0.5) is 10.2 Å². The quantitative estimate of drug-likeness (QED) is 0.756. The van der Waals surface area contributed by atoms with Crippen LogP contribution in [-0.4, -0.2) is 20.7 Å².